The van der Waals surface area contributed by atoms with Crippen molar-refractivity contribution >= 4 is 17.7 Å². The Morgan fingerprint density at radius 2 is 2.14 bits per heavy atom. The number of nitrogens with one attached hydrogen (secondary N) is 1. The minimum Gasteiger partial charge on any atom is -0.453 e. The number of nitrogens with zero attached hydrogens (tertiary/aromatic N) is 1. The minimum absolute atomic E-state index is 0.0726. The summed E-state index contributed by atoms with van der Waals surface area (Å²) in [7, 11) is 1.28. The fourth-order valence-electron chi connectivity index (χ4n) is 2.31. The van der Waals surface area contributed by atoms with Crippen LogP contribution >= 0.6 is 0 Å². The van der Waals surface area contributed by atoms with Gasteiger partial charge in [-0.15, -0.1) is 0 Å². The first-order chi connectivity index (χ1) is 10.0. The molecule has 0 spiro atoms. The van der Waals surface area contributed by atoms with E-state index in [1.165, 1.54) is 18.1 Å². The Balaban J connectivity index is 2.01. The molecule has 2 rings (SSSR count). The number of methoxy groups -OCH3 is 1. The maximum absolute atomic E-state index is 13.5. The molecular formula is C14H16F2N2O3. The molecule has 1 heterocycles. The molecular weight excluding hydrogens is 282 g/mol. The van der Waals surface area contributed by atoms with Crippen LogP contribution < -0.4 is 5.32 Å². The third kappa shape index (κ3) is 3.68. The fourth-order valence-corrected chi connectivity index (χ4v) is 2.31. The minimum atomic E-state index is -0.830. The number of hydrogen-bond acceptors (Lipinski definition) is 3. The van der Waals surface area contributed by atoms with Gasteiger partial charge in [-0.25, -0.2) is 13.6 Å². The fraction of sp³-hybridized carbons (Fsp3) is 0.429. The normalized spacial score (nSPS) is 18.2. The summed E-state index contributed by atoms with van der Waals surface area (Å²) in [6, 6.07) is 2.95. The number of benzene rings is 1. The predicted molar refractivity (Wildman–Crippen MR) is 71.7 cm³/mol. The van der Waals surface area contributed by atoms with Crippen molar-refractivity contribution in [1.29, 1.82) is 0 Å². The lowest BCUT2D eigenvalue weighted by Crippen LogP contribution is -2.43. The number of carbonyl (C=O) groups excluding carboxylic acids is 2. The van der Waals surface area contributed by atoms with Crippen molar-refractivity contribution in [3.63, 3.8) is 0 Å². The molecule has 1 aromatic rings. The van der Waals surface area contributed by atoms with Gasteiger partial charge in [-0.1, -0.05) is 0 Å². The van der Waals surface area contributed by atoms with Crippen molar-refractivity contribution in [3.05, 3.63) is 29.8 Å². The van der Waals surface area contributed by atoms with Crippen LogP contribution in [-0.2, 0) is 9.53 Å². The Morgan fingerprint density at radius 3 is 2.81 bits per heavy atom. The summed E-state index contributed by atoms with van der Waals surface area (Å²) in [5.41, 5.74) is -0.0726. The van der Waals surface area contributed by atoms with Gasteiger partial charge in [0.25, 0.3) is 0 Å². The Labute approximate surface area is 120 Å². The molecule has 0 radical (unpaired) electrons. The van der Waals surface area contributed by atoms with Crippen molar-refractivity contribution < 1.29 is 23.1 Å². The molecule has 2 amide bonds. The number of carbonyl (C=O) groups is 2. The molecule has 0 aromatic heterocycles. The molecule has 1 unspecified atom stereocenters. The molecule has 21 heavy (non-hydrogen) atoms. The average molecular weight is 298 g/mol. The predicted octanol–water partition coefficient (Wildman–Crippen LogP) is 2.38. The van der Waals surface area contributed by atoms with Gasteiger partial charge in [0, 0.05) is 19.2 Å². The van der Waals surface area contributed by atoms with Crippen LogP contribution in [0.25, 0.3) is 0 Å². The van der Waals surface area contributed by atoms with Crippen molar-refractivity contribution in [2.75, 3.05) is 25.5 Å². The molecule has 0 saturated carbocycles. The molecule has 114 valence electrons. The molecule has 5 nitrogen and oxygen atoms in total. The van der Waals surface area contributed by atoms with E-state index in [2.05, 4.69) is 10.1 Å². The van der Waals surface area contributed by atoms with Crippen LogP contribution in [0.1, 0.15) is 12.8 Å². The maximum Gasteiger partial charge on any atom is 0.409 e. The quantitative estimate of drug-likeness (QED) is 0.912. The topological polar surface area (TPSA) is 58.6 Å². The van der Waals surface area contributed by atoms with E-state index in [1.54, 1.807) is 0 Å². The van der Waals surface area contributed by atoms with E-state index in [0.29, 0.717) is 25.5 Å². The van der Waals surface area contributed by atoms with Crippen LogP contribution in [-0.4, -0.2) is 37.1 Å². The largest absolute Gasteiger partial charge is 0.453 e. The van der Waals surface area contributed by atoms with E-state index in [-0.39, 0.29) is 12.2 Å². The zero-order valence-electron chi connectivity index (χ0n) is 11.6. The van der Waals surface area contributed by atoms with Crippen LogP contribution in [0.3, 0.4) is 0 Å². The Kier molecular flexibility index (Phi) is 4.72. The Bertz CT molecular complexity index is 551. The van der Waals surface area contributed by atoms with Crippen molar-refractivity contribution in [2.24, 2.45) is 5.92 Å². The van der Waals surface area contributed by atoms with E-state index in [1.807, 2.05) is 0 Å². The van der Waals surface area contributed by atoms with E-state index < -0.39 is 29.6 Å². The number of rotatable bonds is 2. The monoisotopic (exact) mass is 298 g/mol. The van der Waals surface area contributed by atoms with Gasteiger partial charge in [0.15, 0.2) is 0 Å². The van der Waals surface area contributed by atoms with Gasteiger partial charge in [0.2, 0.25) is 5.91 Å². The second kappa shape index (κ2) is 6.51. The summed E-state index contributed by atoms with van der Waals surface area (Å²) in [5, 5.41) is 2.43. The molecule has 1 atom stereocenters. The number of halogens is 2. The molecule has 0 bridgehead atoms. The number of likely N-dealkylation sites (tertiary alicyclic amines) is 1. The zero-order chi connectivity index (χ0) is 15.4. The SMILES string of the molecule is COC(=O)N1CCCC(C(=O)Nc2ccc(F)cc2F)C1. The number of anilines is 1. The van der Waals surface area contributed by atoms with Gasteiger partial charge in [-0.2, -0.15) is 0 Å². The second-order valence-corrected chi connectivity index (χ2v) is 4.87. The van der Waals surface area contributed by atoms with Crippen LogP contribution in [0.4, 0.5) is 19.3 Å². The highest BCUT2D eigenvalue weighted by Gasteiger charge is 2.29. The first kappa shape index (κ1) is 15.2. The number of amides is 2. The standard InChI is InChI=1S/C14H16F2N2O3/c1-21-14(20)18-6-2-3-9(8-18)13(19)17-12-5-4-10(15)7-11(12)16/h4-5,7,9H,2-3,6,8H2,1H3,(H,17,19). The van der Waals surface area contributed by atoms with Gasteiger partial charge in [-0.05, 0) is 25.0 Å². The van der Waals surface area contributed by atoms with E-state index in [4.69, 9.17) is 0 Å². The van der Waals surface area contributed by atoms with Gasteiger partial charge < -0.3 is 15.0 Å². The van der Waals surface area contributed by atoms with Gasteiger partial charge in [0.05, 0.1) is 18.7 Å². The molecule has 1 N–H and O–H groups in total. The van der Waals surface area contributed by atoms with Crippen molar-refractivity contribution in [1.82, 2.24) is 4.90 Å². The van der Waals surface area contributed by atoms with Gasteiger partial charge in [-0.3, -0.25) is 4.79 Å². The molecule has 0 aliphatic carbocycles. The first-order valence-corrected chi connectivity index (χ1v) is 6.60. The number of piperidine rings is 1. The number of hydrogen-bond donors (Lipinski definition) is 1. The van der Waals surface area contributed by atoms with Crippen LogP contribution in [0.15, 0.2) is 18.2 Å². The van der Waals surface area contributed by atoms with E-state index >= 15 is 0 Å². The molecule has 1 aromatic carbocycles. The smallest absolute Gasteiger partial charge is 0.409 e. The summed E-state index contributed by atoms with van der Waals surface area (Å²) in [6.07, 6.45) is 0.779. The van der Waals surface area contributed by atoms with Crippen LogP contribution in [0, 0.1) is 17.6 Å². The highest BCUT2D eigenvalue weighted by atomic mass is 19.1. The second-order valence-electron chi connectivity index (χ2n) is 4.87. The maximum atomic E-state index is 13.5. The van der Waals surface area contributed by atoms with Crippen molar-refractivity contribution in [3.8, 4) is 0 Å². The third-order valence-corrected chi connectivity index (χ3v) is 3.41. The molecule has 1 fully saturated rings. The molecule has 1 aliphatic heterocycles. The molecule has 7 heteroatoms. The zero-order valence-corrected chi connectivity index (χ0v) is 11.6. The lowest BCUT2D eigenvalue weighted by molar-refractivity contribution is -0.121. The highest BCUT2D eigenvalue weighted by molar-refractivity contribution is 5.93. The Morgan fingerprint density at radius 1 is 1.38 bits per heavy atom. The average Bonchev–Trinajstić information content (AvgIpc) is 2.49. The van der Waals surface area contributed by atoms with E-state index in [0.717, 1.165) is 6.07 Å². The summed E-state index contributed by atoms with van der Waals surface area (Å²) in [6.45, 7) is 0.753. The van der Waals surface area contributed by atoms with Crippen LogP contribution in [0.5, 0.6) is 0 Å². The molecule has 1 saturated heterocycles. The summed E-state index contributed by atoms with van der Waals surface area (Å²) in [4.78, 5) is 25.0. The highest BCUT2D eigenvalue weighted by Crippen LogP contribution is 2.21. The summed E-state index contributed by atoms with van der Waals surface area (Å²) < 4.78 is 30.9. The summed E-state index contributed by atoms with van der Waals surface area (Å²) >= 11 is 0. The third-order valence-electron chi connectivity index (χ3n) is 3.41. The van der Waals surface area contributed by atoms with Gasteiger partial charge in [0.1, 0.15) is 11.6 Å². The molecule has 1 aliphatic rings. The van der Waals surface area contributed by atoms with Gasteiger partial charge >= 0.3 is 6.09 Å². The van der Waals surface area contributed by atoms with Crippen LogP contribution in [0.2, 0.25) is 0 Å². The summed E-state index contributed by atoms with van der Waals surface area (Å²) in [5.74, 6) is -2.37. The lowest BCUT2D eigenvalue weighted by atomic mass is 9.97. The first-order valence-electron chi connectivity index (χ1n) is 6.60. The number of ether oxygens (including phenoxy) is 1. The van der Waals surface area contributed by atoms with Crippen molar-refractivity contribution in [2.45, 2.75) is 12.8 Å². The lowest BCUT2D eigenvalue weighted by Gasteiger charge is -2.30. The Hall–Kier alpha value is -2.18. The van der Waals surface area contributed by atoms with E-state index in [9.17, 15) is 18.4 Å².